The number of halogens is 1. The van der Waals surface area contributed by atoms with E-state index >= 15 is 0 Å². The molecule has 1 N–H and O–H groups in total. The van der Waals surface area contributed by atoms with Crippen LogP contribution in [0.2, 0.25) is 0 Å². The second-order valence-corrected chi connectivity index (χ2v) is 9.23. The minimum Gasteiger partial charge on any atom is -0.358 e. The molecule has 31 heavy (non-hydrogen) atoms. The maximum atomic E-state index is 13.8. The SMILES string of the molecule is O=C(CN1CC2CC(C1)c1cccc(=O)n1C2)N1CCc2[nH]c3ccc(F)cc3c2C1. The highest BCUT2D eigenvalue weighted by Crippen LogP contribution is 2.35. The molecule has 0 saturated carbocycles. The number of nitrogens with one attached hydrogen (secondary N) is 1. The molecule has 1 aromatic carbocycles. The largest absolute Gasteiger partial charge is 0.358 e. The summed E-state index contributed by atoms with van der Waals surface area (Å²) in [7, 11) is 0. The van der Waals surface area contributed by atoms with Crippen LogP contribution in [0, 0.1) is 11.7 Å². The van der Waals surface area contributed by atoms with Gasteiger partial charge in [0, 0.05) is 79.0 Å². The Kier molecular flexibility index (Phi) is 4.28. The van der Waals surface area contributed by atoms with Crippen LogP contribution in [0.4, 0.5) is 4.39 Å². The number of pyridine rings is 1. The second kappa shape index (κ2) is 7.05. The molecule has 2 unspecified atom stereocenters. The van der Waals surface area contributed by atoms with Crippen molar-refractivity contribution >= 4 is 16.8 Å². The van der Waals surface area contributed by atoms with Crippen molar-refractivity contribution < 1.29 is 9.18 Å². The smallest absolute Gasteiger partial charge is 0.250 e. The van der Waals surface area contributed by atoms with Gasteiger partial charge in [0.25, 0.3) is 5.56 Å². The number of amides is 1. The molecule has 3 aromatic rings. The lowest BCUT2D eigenvalue weighted by atomic mass is 9.83. The Labute approximate surface area is 179 Å². The Morgan fingerprint density at radius 3 is 2.97 bits per heavy atom. The van der Waals surface area contributed by atoms with Crippen LogP contribution in [-0.2, 0) is 24.3 Å². The van der Waals surface area contributed by atoms with E-state index in [4.69, 9.17) is 0 Å². The predicted molar refractivity (Wildman–Crippen MR) is 115 cm³/mol. The van der Waals surface area contributed by atoms with E-state index < -0.39 is 0 Å². The number of likely N-dealkylation sites (tertiary alicyclic amines) is 1. The molecule has 1 amide bonds. The van der Waals surface area contributed by atoms with E-state index in [1.165, 1.54) is 6.07 Å². The summed E-state index contributed by atoms with van der Waals surface area (Å²) in [5.41, 5.74) is 4.26. The van der Waals surface area contributed by atoms with Gasteiger partial charge in [-0.05, 0) is 36.6 Å². The summed E-state index contributed by atoms with van der Waals surface area (Å²) in [5, 5.41) is 0.877. The number of carbonyl (C=O) groups is 1. The van der Waals surface area contributed by atoms with E-state index in [9.17, 15) is 14.0 Å². The molecule has 0 spiro atoms. The molecule has 1 saturated heterocycles. The summed E-state index contributed by atoms with van der Waals surface area (Å²) in [5.74, 6) is 0.585. The Balaban J connectivity index is 1.18. The fraction of sp³-hybridized carbons (Fsp3) is 0.417. The van der Waals surface area contributed by atoms with Crippen LogP contribution in [0.3, 0.4) is 0 Å². The van der Waals surface area contributed by atoms with Crippen LogP contribution >= 0.6 is 0 Å². The van der Waals surface area contributed by atoms with Crippen LogP contribution in [0.5, 0.6) is 0 Å². The lowest BCUT2D eigenvalue weighted by Crippen LogP contribution is -2.50. The number of hydrogen-bond donors (Lipinski definition) is 1. The molecule has 7 heteroatoms. The third kappa shape index (κ3) is 3.19. The second-order valence-electron chi connectivity index (χ2n) is 9.23. The summed E-state index contributed by atoms with van der Waals surface area (Å²) >= 11 is 0. The van der Waals surface area contributed by atoms with Crippen molar-refractivity contribution in [2.24, 2.45) is 5.92 Å². The van der Waals surface area contributed by atoms with Gasteiger partial charge in [-0.15, -0.1) is 0 Å². The third-order valence-corrected chi connectivity index (χ3v) is 7.20. The molecule has 6 rings (SSSR count). The molecule has 6 nitrogen and oxygen atoms in total. The van der Waals surface area contributed by atoms with Gasteiger partial charge in [0.1, 0.15) is 5.82 Å². The van der Waals surface area contributed by atoms with E-state index in [0.29, 0.717) is 31.5 Å². The minimum absolute atomic E-state index is 0.0796. The van der Waals surface area contributed by atoms with Gasteiger partial charge in [-0.3, -0.25) is 14.5 Å². The van der Waals surface area contributed by atoms with Gasteiger partial charge in [0.15, 0.2) is 0 Å². The maximum absolute atomic E-state index is 13.8. The van der Waals surface area contributed by atoms with Gasteiger partial charge in [-0.25, -0.2) is 4.39 Å². The summed E-state index contributed by atoms with van der Waals surface area (Å²) in [6, 6.07) is 10.3. The normalized spacial score (nSPS) is 22.9. The number of piperidine rings is 1. The van der Waals surface area contributed by atoms with Crippen molar-refractivity contribution in [3.63, 3.8) is 0 Å². The molecule has 3 aliphatic rings. The first-order chi connectivity index (χ1) is 15.0. The number of aromatic nitrogens is 2. The number of hydrogen-bond acceptors (Lipinski definition) is 3. The number of benzene rings is 1. The molecule has 3 aliphatic heterocycles. The zero-order valence-corrected chi connectivity index (χ0v) is 17.3. The molecule has 2 atom stereocenters. The van der Waals surface area contributed by atoms with E-state index in [-0.39, 0.29) is 17.3 Å². The van der Waals surface area contributed by atoms with Crippen LogP contribution in [0.1, 0.15) is 29.3 Å². The Hall–Kier alpha value is -2.93. The van der Waals surface area contributed by atoms with E-state index in [1.807, 2.05) is 15.5 Å². The monoisotopic (exact) mass is 420 g/mol. The minimum atomic E-state index is -0.253. The van der Waals surface area contributed by atoms with Crippen molar-refractivity contribution in [2.45, 2.75) is 31.8 Å². The maximum Gasteiger partial charge on any atom is 0.250 e. The van der Waals surface area contributed by atoms with Crippen LogP contribution in [-0.4, -0.2) is 51.4 Å². The fourth-order valence-electron chi connectivity index (χ4n) is 5.82. The van der Waals surface area contributed by atoms with Crippen LogP contribution in [0.15, 0.2) is 41.2 Å². The highest BCUT2D eigenvalue weighted by atomic mass is 19.1. The zero-order chi connectivity index (χ0) is 21.1. The number of aromatic amines is 1. The topological polar surface area (TPSA) is 61.3 Å². The zero-order valence-electron chi connectivity index (χ0n) is 17.3. The molecular formula is C24H25FN4O2. The average molecular weight is 420 g/mol. The van der Waals surface area contributed by atoms with E-state index in [0.717, 1.165) is 60.3 Å². The predicted octanol–water partition coefficient (Wildman–Crippen LogP) is 2.47. The molecule has 2 aromatic heterocycles. The van der Waals surface area contributed by atoms with E-state index in [2.05, 4.69) is 16.0 Å². The van der Waals surface area contributed by atoms with Gasteiger partial charge in [0.05, 0.1) is 6.54 Å². The molecule has 2 bridgehead atoms. The van der Waals surface area contributed by atoms with Gasteiger partial charge in [-0.1, -0.05) is 6.07 Å². The quantitative estimate of drug-likeness (QED) is 0.693. The highest BCUT2D eigenvalue weighted by Gasteiger charge is 2.35. The molecule has 5 heterocycles. The molecular weight excluding hydrogens is 395 g/mol. The molecule has 0 radical (unpaired) electrons. The summed E-state index contributed by atoms with van der Waals surface area (Å²) in [6.07, 6.45) is 1.85. The number of fused-ring (bicyclic) bond motifs is 7. The van der Waals surface area contributed by atoms with Crippen molar-refractivity contribution in [3.8, 4) is 0 Å². The third-order valence-electron chi connectivity index (χ3n) is 7.20. The van der Waals surface area contributed by atoms with Gasteiger partial charge in [0.2, 0.25) is 5.91 Å². The van der Waals surface area contributed by atoms with Crippen molar-refractivity contribution in [3.05, 3.63) is 69.5 Å². The van der Waals surface area contributed by atoms with Gasteiger partial charge < -0.3 is 14.5 Å². The number of rotatable bonds is 2. The average Bonchev–Trinajstić information content (AvgIpc) is 3.11. The van der Waals surface area contributed by atoms with Gasteiger partial charge >= 0.3 is 0 Å². The van der Waals surface area contributed by atoms with Crippen LogP contribution < -0.4 is 5.56 Å². The molecule has 1 fully saturated rings. The first-order valence-corrected chi connectivity index (χ1v) is 11.0. The first kappa shape index (κ1) is 18.8. The highest BCUT2D eigenvalue weighted by molar-refractivity contribution is 5.86. The fourth-order valence-corrected chi connectivity index (χ4v) is 5.82. The number of carbonyl (C=O) groups excluding carboxylic acids is 1. The summed E-state index contributed by atoms with van der Waals surface area (Å²) < 4.78 is 15.7. The van der Waals surface area contributed by atoms with Crippen LogP contribution in [0.25, 0.3) is 10.9 Å². The Morgan fingerprint density at radius 2 is 2.06 bits per heavy atom. The number of nitrogens with zero attached hydrogens (tertiary/aromatic N) is 3. The molecule has 160 valence electrons. The molecule has 0 aliphatic carbocycles. The van der Waals surface area contributed by atoms with E-state index in [1.54, 1.807) is 18.2 Å². The Bertz CT molecular complexity index is 1250. The van der Waals surface area contributed by atoms with Crippen molar-refractivity contribution in [1.82, 2.24) is 19.4 Å². The lowest BCUT2D eigenvalue weighted by Gasteiger charge is -2.43. The first-order valence-electron chi connectivity index (χ1n) is 11.0. The Morgan fingerprint density at radius 1 is 1.16 bits per heavy atom. The van der Waals surface area contributed by atoms with Crippen molar-refractivity contribution in [2.75, 3.05) is 26.2 Å². The summed E-state index contributed by atoms with van der Waals surface area (Å²) in [4.78, 5) is 32.9. The summed E-state index contributed by atoms with van der Waals surface area (Å²) in [6.45, 7) is 4.00. The van der Waals surface area contributed by atoms with Gasteiger partial charge in [-0.2, -0.15) is 0 Å². The standard InChI is InChI=1S/C24H25FN4O2/c25-17-4-5-20-18(9-17)19-13-28(7-6-21(19)26-20)24(31)14-27-10-15-8-16(12-27)22-2-1-3-23(30)29(22)11-15/h1-5,9,15-16,26H,6-8,10-14H2. The lowest BCUT2D eigenvalue weighted by molar-refractivity contribution is -0.134. The van der Waals surface area contributed by atoms with Crippen molar-refractivity contribution in [1.29, 1.82) is 0 Å². The number of H-pyrrole nitrogens is 1.